The molecule has 5 aliphatic heterocycles. The molecule has 0 aliphatic carbocycles. The Morgan fingerprint density at radius 3 is 0.942 bits per heavy atom. The number of rotatable bonds is 17. The SMILES string of the molecule is C=Cc1c([C@H]2[C@H](C(=O)Nc3ccnc(C(=O)OC)c3)O[C@@](C)(C(F)(F)F)[C@H]2C)ccc(F)c1F.C=Cc1c([C@H]2[C@H](C(=O)Nc3ccnc(C(N)=O)c3)O[C@@](C)(C(F)(F)F)[C@H]2C)ccc(F)c1F.C=Cc1c([C@H]2[C@H](C(N)=O)O[C@@](C)(C(F)(F)F)[C@H]2C)ccc(F)c1F.COC(=O)[C@@H]1O[C@@](C)(C(F)(F)F)[C@@H](C)[C@H]1c1ccc(F)c(F)c1O.Cc1c([C@H]2[C@H](C(N)=O)O[C@@](C)(C(F)(F)F)[C@H]2C)ccc(F)c1F. The first-order valence-electron chi connectivity index (χ1n) is 40.7. The number of benzene rings is 5. The number of aromatic hydroxyl groups is 1. The Morgan fingerprint density at radius 2 is 0.645 bits per heavy atom. The lowest BCUT2D eigenvalue weighted by Crippen LogP contribution is -2.47. The lowest BCUT2D eigenvalue weighted by Gasteiger charge is -2.32. The van der Waals surface area contributed by atoms with Crippen molar-refractivity contribution in [2.24, 2.45) is 46.8 Å². The van der Waals surface area contributed by atoms with E-state index in [1.165, 1.54) is 65.2 Å². The van der Waals surface area contributed by atoms with E-state index in [4.69, 9.17) is 40.9 Å². The number of amides is 5. The summed E-state index contributed by atoms with van der Waals surface area (Å²) < 4.78 is 376. The van der Waals surface area contributed by atoms with Crippen molar-refractivity contribution in [1.82, 2.24) is 9.97 Å². The molecule has 7 aromatic rings. The Balaban J connectivity index is 0.000000214. The van der Waals surface area contributed by atoms with Crippen LogP contribution in [0.2, 0.25) is 0 Å². The molecule has 2 aromatic heterocycles. The third-order valence-corrected chi connectivity index (χ3v) is 25.9. The fraction of sp³-hybridized carbons (Fsp3) is 0.418. The van der Waals surface area contributed by atoms with E-state index in [0.29, 0.717) is 6.07 Å². The van der Waals surface area contributed by atoms with Crippen LogP contribution < -0.4 is 27.8 Å². The van der Waals surface area contributed by atoms with Crippen LogP contribution in [0.5, 0.6) is 5.75 Å². The summed E-state index contributed by atoms with van der Waals surface area (Å²) in [5.74, 6) is -33.7. The van der Waals surface area contributed by atoms with Gasteiger partial charge in [0.1, 0.15) is 35.8 Å². The van der Waals surface area contributed by atoms with Crippen molar-refractivity contribution < 1.29 is 182 Å². The van der Waals surface area contributed by atoms with Gasteiger partial charge in [-0.15, -0.1) is 0 Å². The second-order valence-corrected chi connectivity index (χ2v) is 33.4. The summed E-state index contributed by atoms with van der Waals surface area (Å²) in [6.07, 6.45) is -27.2. The molecule has 20 atom stereocenters. The monoisotopic (exact) mass is 1990 g/mol. The van der Waals surface area contributed by atoms with Crippen LogP contribution in [0.4, 0.5) is 121 Å². The third-order valence-electron chi connectivity index (χ3n) is 25.9. The van der Waals surface area contributed by atoms with Crippen LogP contribution in [0.3, 0.4) is 0 Å². The van der Waals surface area contributed by atoms with Gasteiger partial charge in [-0.2, -0.15) is 70.2 Å². The number of alkyl halides is 15. The molecule has 47 heteroatoms. The lowest BCUT2D eigenvalue weighted by molar-refractivity contribution is -0.274. The first-order chi connectivity index (χ1) is 63.5. The minimum atomic E-state index is -4.87. The van der Waals surface area contributed by atoms with Crippen LogP contribution in [-0.4, -0.2) is 160 Å². The maximum absolute atomic E-state index is 14.4. The number of anilines is 2. The van der Waals surface area contributed by atoms with Gasteiger partial charge in [-0.1, -0.05) is 103 Å². The molecule has 138 heavy (non-hydrogen) atoms. The topological polar surface area (TPSA) is 332 Å². The molecule has 5 aliphatic rings. The summed E-state index contributed by atoms with van der Waals surface area (Å²) in [6.45, 7) is 21.5. The number of nitrogens with zero attached hydrogens (tertiary/aromatic N) is 2. The summed E-state index contributed by atoms with van der Waals surface area (Å²) in [6, 6.07) is 14.2. The Kier molecular flexibility index (Phi) is 33.0. The zero-order chi connectivity index (χ0) is 105. The van der Waals surface area contributed by atoms with E-state index >= 15 is 0 Å². The molecule has 12 rings (SSSR count). The number of carbonyl (C=O) groups excluding carboxylic acids is 7. The number of hydrogen-bond donors (Lipinski definition) is 6. The minimum absolute atomic E-state index is 0.00632. The Hall–Kier alpha value is -12.2. The molecule has 7 heterocycles. The number of nitrogens with one attached hydrogen (secondary N) is 2. The van der Waals surface area contributed by atoms with Gasteiger partial charge < -0.3 is 66.1 Å². The summed E-state index contributed by atoms with van der Waals surface area (Å²) in [5, 5.41) is 14.6. The zero-order valence-electron chi connectivity index (χ0n) is 74.5. The van der Waals surface area contributed by atoms with Crippen molar-refractivity contribution in [2.75, 3.05) is 24.9 Å². The van der Waals surface area contributed by atoms with Crippen LogP contribution in [0.1, 0.15) is 170 Å². The number of methoxy groups -OCH3 is 2. The second kappa shape index (κ2) is 41.0. The second-order valence-electron chi connectivity index (χ2n) is 33.4. The average molecular weight is 1990 g/mol. The number of esters is 2. The number of phenols is 1. The summed E-state index contributed by atoms with van der Waals surface area (Å²) >= 11 is 0. The number of nitrogens with two attached hydrogens (primary N) is 3. The van der Waals surface area contributed by atoms with Crippen molar-refractivity contribution in [1.29, 1.82) is 0 Å². The number of ether oxygens (including phenoxy) is 7. The van der Waals surface area contributed by atoms with Gasteiger partial charge in [0.05, 0.1) is 14.2 Å². The largest absolute Gasteiger partial charge is 0.505 e. The Labute approximate surface area is 769 Å². The molecule has 0 bridgehead atoms. The van der Waals surface area contributed by atoms with Crippen LogP contribution in [-0.2, 0) is 57.1 Å². The van der Waals surface area contributed by atoms with Gasteiger partial charge in [-0.3, -0.25) is 29.0 Å². The first-order valence-corrected chi connectivity index (χ1v) is 40.7. The molecule has 0 radical (unpaired) electrons. The fourth-order valence-corrected chi connectivity index (χ4v) is 17.1. The molecule has 5 amide bonds. The molecule has 22 nitrogen and oxygen atoms in total. The molecule has 5 fully saturated rings. The van der Waals surface area contributed by atoms with Gasteiger partial charge >= 0.3 is 42.8 Å². The van der Waals surface area contributed by atoms with Gasteiger partial charge in [0.2, 0.25) is 17.6 Å². The van der Waals surface area contributed by atoms with Crippen LogP contribution >= 0.6 is 0 Å². The van der Waals surface area contributed by atoms with Gasteiger partial charge in [-0.05, 0) is 124 Å². The number of halogens is 25. The smallest absolute Gasteiger partial charge is 0.417 e. The number of primary amides is 3. The number of phenolic OH excluding ortho intramolecular Hbond substituents is 1. The number of hydrogen-bond acceptors (Lipinski definition) is 17. The van der Waals surface area contributed by atoms with Crippen molar-refractivity contribution in [3.05, 3.63) is 237 Å². The molecule has 0 unspecified atom stereocenters. The maximum Gasteiger partial charge on any atom is 0.417 e. The third kappa shape index (κ3) is 20.9. The van der Waals surface area contributed by atoms with E-state index in [1.54, 1.807) is 0 Å². The maximum atomic E-state index is 14.4. The number of aromatic nitrogens is 2. The van der Waals surface area contributed by atoms with Crippen LogP contribution in [0.15, 0.2) is 117 Å². The molecule has 0 saturated carbocycles. The number of carbonyl (C=O) groups is 7. The standard InChI is InChI=1S/C23H21F5N2O4.C22H20F5N3O3.C16H16F5NO2.C15H16F5NO2.C15H15F5O4/c1-5-13-14(6-7-15(24)18(13)25)17-11(2)22(3,23(26,27)28)34-19(17)20(31)30-12-8-9-29-16(10-12)21(32)33-4;1-4-12-13(5-6-14(23)17(12)24)16-10(2)21(3,22(25,26)27)33-18(16)20(32)30-11-7-8-29-15(9-11)19(28)31;1-4-8-9(5-6-10(17)12(8)18)11-7(2)15(3,16(19,20)21)24-13(11)14(22)23;1-6-8(4-5-9(16)11(6)17)10-7(2)14(3,15(18,19)20)23-12(10)13(21)22;1-6-9(7-4-5-8(16)10(17)11(7)21)12(13(22)23-3)24-14(6,2)15(18,19)20/h5-11,17,19H,1H2,2-4H3,(H,29,30,31);4-10,16,18H,1H2,2-3H3,(H2,28,31)(H,29,30,32);4-7,11,13H,1H2,2-3H3,(H2,22,23);4-5,7,10,12H,1-3H3,(H2,21,22);4-6,9,12,21H,1-3H3/t11-,17-,19+,22+;10-,16-,18+,21+;7-,11-,13+,15+;7-,10-,12+,14+;6-,9-,12+,14+/m00000/s1. The summed E-state index contributed by atoms with van der Waals surface area (Å²) in [4.78, 5) is 91.8. The highest BCUT2D eigenvalue weighted by molar-refractivity contribution is 5.98. The van der Waals surface area contributed by atoms with Gasteiger partial charge in [0.15, 0.2) is 92.2 Å². The van der Waals surface area contributed by atoms with E-state index in [9.17, 15) is 148 Å². The summed E-state index contributed by atoms with van der Waals surface area (Å²) in [7, 11) is 2.09. The molecule has 5 saturated heterocycles. The summed E-state index contributed by atoms with van der Waals surface area (Å²) in [5.41, 5.74) is 0.144. The Morgan fingerprint density at radius 1 is 0.384 bits per heavy atom. The molecule has 9 N–H and O–H groups in total. The van der Waals surface area contributed by atoms with Crippen LogP contribution in [0, 0.1) is 94.7 Å². The first kappa shape index (κ1) is 111. The van der Waals surface area contributed by atoms with Crippen LogP contribution in [0.25, 0.3) is 18.2 Å². The van der Waals surface area contributed by atoms with E-state index in [1.807, 2.05) is 0 Å². The zero-order valence-corrected chi connectivity index (χ0v) is 74.5. The quantitative estimate of drug-likeness (QED) is 0.0364. The molecule has 0 spiro atoms. The normalized spacial score (nSPS) is 27.8. The highest BCUT2D eigenvalue weighted by Gasteiger charge is 2.71. The highest BCUT2D eigenvalue weighted by atomic mass is 19.4. The minimum Gasteiger partial charge on any atom is -0.505 e. The van der Waals surface area contributed by atoms with Crippen molar-refractivity contribution in [3.63, 3.8) is 0 Å². The predicted octanol–water partition coefficient (Wildman–Crippen LogP) is 19.1. The fourth-order valence-electron chi connectivity index (χ4n) is 17.1. The highest BCUT2D eigenvalue weighted by Crippen LogP contribution is 2.61. The lowest BCUT2D eigenvalue weighted by atomic mass is 9.75. The van der Waals surface area contributed by atoms with Gasteiger partial charge in [0, 0.05) is 105 Å². The predicted molar refractivity (Wildman–Crippen MR) is 441 cm³/mol. The molecule has 752 valence electrons. The number of pyridine rings is 2. The van der Waals surface area contributed by atoms with E-state index < -0.39 is 254 Å². The molecular formula is C91H88F25N7O15. The van der Waals surface area contributed by atoms with E-state index in [0.717, 1.165) is 135 Å². The van der Waals surface area contributed by atoms with E-state index in [-0.39, 0.29) is 72.8 Å². The average Bonchev–Trinajstić information content (AvgIpc) is 1.59. The van der Waals surface area contributed by atoms with Crippen molar-refractivity contribution in [3.8, 4) is 5.75 Å². The van der Waals surface area contributed by atoms with Gasteiger partial charge in [0.25, 0.3) is 17.7 Å². The molecule has 5 aromatic carbocycles. The van der Waals surface area contributed by atoms with Gasteiger partial charge in [-0.25, -0.2) is 54.1 Å². The molecular weight excluding hydrogens is 1910 g/mol. The van der Waals surface area contributed by atoms with E-state index in [2.05, 4.69) is 49.8 Å². The van der Waals surface area contributed by atoms with Crippen molar-refractivity contribution >= 4 is 71.1 Å². The Bertz CT molecular complexity index is 5840. The van der Waals surface area contributed by atoms with Crippen molar-refractivity contribution in [2.45, 2.75) is 195 Å².